The van der Waals surface area contributed by atoms with E-state index in [1.165, 1.54) is 12.1 Å². The van der Waals surface area contributed by atoms with E-state index in [9.17, 15) is 28.1 Å². The smallest absolute Gasteiger partial charge is 0.416 e. The van der Waals surface area contributed by atoms with Gasteiger partial charge in [0, 0.05) is 6.07 Å². The number of nitrogens with zero attached hydrogens (tertiary/aromatic N) is 1. The minimum atomic E-state index is -4.57. The van der Waals surface area contributed by atoms with Gasteiger partial charge >= 0.3 is 12.1 Å². The van der Waals surface area contributed by atoms with Crippen LogP contribution in [-0.4, -0.2) is 18.0 Å². The number of ether oxygens (including phenoxy) is 2. The van der Waals surface area contributed by atoms with Gasteiger partial charge in [-0.3, -0.25) is 14.9 Å². The number of esters is 1. The Labute approximate surface area is 170 Å². The minimum absolute atomic E-state index is 0.0264. The average molecular weight is 454 g/mol. The van der Waals surface area contributed by atoms with E-state index >= 15 is 0 Å². The number of carbonyl (C=O) groups excluding carboxylic acids is 1. The highest BCUT2D eigenvalue weighted by Crippen LogP contribution is 2.41. The molecule has 0 aliphatic carbocycles. The lowest BCUT2D eigenvalue weighted by Crippen LogP contribution is -2.12. The van der Waals surface area contributed by atoms with Crippen LogP contribution < -0.4 is 4.74 Å². The van der Waals surface area contributed by atoms with Crippen molar-refractivity contribution in [2.75, 3.05) is 7.11 Å². The van der Waals surface area contributed by atoms with Crippen molar-refractivity contribution in [3.05, 3.63) is 62.7 Å². The van der Waals surface area contributed by atoms with E-state index in [0.717, 1.165) is 36.1 Å². The van der Waals surface area contributed by atoms with Crippen molar-refractivity contribution in [1.29, 1.82) is 0 Å². The number of alkyl halides is 3. The molecule has 0 aromatic heterocycles. The maximum absolute atomic E-state index is 12.7. The van der Waals surface area contributed by atoms with Crippen LogP contribution in [0, 0.1) is 10.1 Å². The Morgan fingerprint density at radius 3 is 2.46 bits per heavy atom. The molecule has 0 N–H and O–H groups in total. The van der Waals surface area contributed by atoms with Crippen LogP contribution in [-0.2, 0) is 15.7 Å². The molecule has 0 saturated heterocycles. The zero-order valence-electron chi connectivity index (χ0n) is 13.9. The van der Waals surface area contributed by atoms with Crippen LogP contribution in [0.3, 0.4) is 0 Å². The molecule has 0 heterocycles. The lowest BCUT2D eigenvalue weighted by molar-refractivity contribution is -0.385. The Hall–Kier alpha value is -2.11. The van der Waals surface area contributed by atoms with Crippen LogP contribution in [0.15, 0.2) is 36.4 Å². The molecular weight excluding hydrogens is 443 g/mol. The molecule has 2 rings (SSSR count). The second kappa shape index (κ2) is 8.93. The fraction of sp³-hybridized carbons (Fsp3) is 0.188. The summed E-state index contributed by atoms with van der Waals surface area (Å²) in [6.07, 6.45) is -4.57. The van der Waals surface area contributed by atoms with Crippen LogP contribution in [0.5, 0.6) is 11.5 Å². The first kappa shape index (κ1) is 22.2. The summed E-state index contributed by atoms with van der Waals surface area (Å²) in [5, 5.41) is 9.83. The topological polar surface area (TPSA) is 78.7 Å². The maximum Gasteiger partial charge on any atom is 0.416 e. The summed E-state index contributed by atoms with van der Waals surface area (Å²) in [7, 11) is 1.84. The zero-order chi connectivity index (χ0) is 21.1. The number of nitro groups is 1. The highest BCUT2D eigenvalue weighted by Gasteiger charge is 2.32. The molecular formula is C16H11ClF3NO5S2. The summed E-state index contributed by atoms with van der Waals surface area (Å²) in [6, 6.07) is 6.04. The summed E-state index contributed by atoms with van der Waals surface area (Å²) in [6.45, 7) is 0. The Morgan fingerprint density at radius 2 is 1.96 bits per heavy atom. The van der Waals surface area contributed by atoms with Crippen LogP contribution in [0.2, 0.25) is 5.02 Å². The Bertz CT molecular complexity index is 910. The number of hydrogen-bond acceptors (Lipinski definition) is 7. The van der Waals surface area contributed by atoms with Gasteiger partial charge in [-0.2, -0.15) is 13.2 Å². The lowest BCUT2D eigenvalue weighted by atomic mass is 10.1. The molecule has 0 aliphatic rings. The molecule has 1 atom stereocenters. The highest BCUT2D eigenvalue weighted by molar-refractivity contribution is 8.68. The van der Waals surface area contributed by atoms with Gasteiger partial charge in [0.25, 0.3) is 5.69 Å². The molecule has 150 valence electrons. The summed E-state index contributed by atoms with van der Waals surface area (Å²) >= 11 is 9.79. The number of benzene rings is 2. The number of halogens is 4. The van der Waals surface area contributed by atoms with Crippen LogP contribution in [0.4, 0.5) is 18.9 Å². The largest absolute Gasteiger partial charge is 0.468 e. The Kier molecular flexibility index (Phi) is 7.07. The van der Waals surface area contributed by atoms with Gasteiger partial charge in [0.1, 0.15) is 16.7 Å². The van der Waals surface area contributed by atoms with Gasteiger partial charge in [-0.15, -0.1) is 11.7 Å². The number of hydrogen-bond donors (Lipinski definition) is 1. The van der Waals surface area contributed by atoms with E-state index in [1.807, 2.05) is 0 Å². The van der Waals surface area contributed by atoms with Crippen molar-refractivity contribution in [3.8, 4) is 11.5 Å². The average Bonchev–Trinajstić information content (AvgIpc) is 2.63. The summed E-state index contributed by atoms with van der Waals surface area (Å²) in [5.41, 5.74) is -1.37. The normalized spacial score (nSPS) is 12.4. The number of methoxy groups -OCH3 is 1. The molecule has 0 spiro atoms. The van der Waals surface area contributed by atoms with Crippen molar-refractivity contribution in [1.82, 2.24) is 0 Å². The molecule has 2 aromatic carbocycles. The molecule has 2 aromatic rings. The molecule has 0 fully saturated rings. The van der Waals surface area contributed by atoms with Crippen molar-refractivity contribution in [3.63, 3.8) is 0 Å². The van der Waals surface area contributed by atoms with E-state index < -0.39 is 27.9 Å². The quantitative estimate of drug-likeness (QED) is 0.194. The zero-order valence-corrected chi connectivity index (χ0v) is 16.4. The minimum Gasteiger partial charge on any atom is -0.468 e. The van der Waals surface area contributed by atoms with Crippen LogP contribution in [0.25, 0.3) is 0 Å². The second-order valence-electron chi connectivity index (χ2n) is 5.23. The van der Waals surface area contributed by atoms with E-state index in [2.05, 4.69) is 16.4 Å². The van der Waals surface area contributed by atoms with Gasteiger partial charge < -0.3 is 9.47 Å². The van der Waals surface area contributed by atoms with Gasteiger partial charge in [0.05, 0.1) is 28.2 Å². The molecule has 0 aliphatic heterocycles. The summed E-state index contributed by atoms with van der Waals surface area (Å²) in [4.78, 5) is 22.5. The van der Waals surface area contributed by atoms with Gasteiger partial charge in [-0.1, -0.05) is 22.4 Å². The number of rotatable bonds is 6. The Morgan fingerprint density at radius 1 is 1.29 bits per heavy atom. The first-order valence-corrected chi connectivity index (χ1v) is 9.60. The highest BCUT2D eigenvalue weighted by atomic mass is 35.5. The van der Waals surface area contributed by atoms with Crippen molar-refractivity contribution in [2.24, 2.45) is 0 Å². The van der Waals surface area contributed by atoms with Gasteiger partial charge in [-0.05, 0) is 30.3 Å². The van der Waals surface area contributed by atoms with Crippen LogP contribution in [0.1, 0.15) is 16.4 Å². The fourth-order valence-corrected chi connectivity index (χ4v) is 3.50. The second-order valence-corrected chi connectivity index (χ2v) is 6.95. The lowest BCUT2D eigenvalue weighted by Gasteiger charge is -2.15. The summed E-state index contributed by atoms with van der Waals surface area (Å²) < 4.78 is 48.2. The summed E-state index contributed by atoms with van der Waals surface area (Å²) in [5.74, 6) is -0.839. The molecule has 1 unspecified atom stereocenters. The standard InChI is InChI=1S/C16H11ClF3NO5S2/c1-25-15(22)14(28-27)10-7-9(3-4-12(10)21(23)24)26-13-5-2-8(6-11(13)17)16(18,19)20/h2-7,14,27H,1H3. The number of thiol groups is 1. The van der Waals surface area contributed by atoms with E-state index in [4.69, 9.17) is 16.3 Å². The van der Waals surface area contributed by atoms with Crippen molar-refractivity contribution < 1.29 is 32.4 Å². The predicted octanol–water partition coefficient (Wildman–Crippen LogP) is 5.85. The predicted molar refractivity (Wildman–Crippen MR) is 101 cm³/mol. The number of carbonyl (C=O) groups is 1. The maximum atomic E-state index is 12.7. The first-order valence-electron chi connectivity index (χ1n) is 7.29. The van der Waals surface area contributed by atoms with Gasteiger partial charge in [0.2, 0.25) is 0 Å². The molecule has 28 heavy (non-hydrogen) atoms. The van der Waals surface area contributed by atoms with Crippen LogP contribution >= 0.6 is 34.1 Å². The molecule has 6 nitrogen and oxygen atoms in total. The third-order valence-electron chi connectivity index (χ3n) is 3.49. The monoisotopic (exact) mass is 453 g/mol. The molecule has 0 amide bonds. The molecule has 0 bridgehead atoms. The van der Waals surface area contributed by atoms with Gasteiger partial charge in [0.15, 0.2) is 0 Å². The SMILES string of the molecule is COC(=O)C(SS)c1cc(Oc2ccc(C(F)(F)F)cc2Cl)ccc1[N+](=O)[O-]. The third-order valence-corrected chi connectivity index (χ3v) is 5.07. The Balaban J connectivity index is 2.44. The molecule has 0 radical (unpaired) electrons. The molecule has 12 heteroatoms. The van der Waals surface area contributed by atoms with Crippen molar-refractivity contribution >= 4 is 45.7 Å². The van der Waals surface area contributed by atoms with Crippen molar-refractivity contribution in [2.45, 2.75) is 11.4 Å². The third kappa shape index (κ3) is 5.03. The van der Waals surface area contributed by atoms with E-state index in [0.29, 0.717) is 6.07 Å². The first-order chi connectivity index (χ1) is 13.1. The fourth-order valence-electron chi connectivity index (χ4n) is 2.19. The van der Waals surface area contributed by atoms with E-state index in [1.54, 1.807) is 0 Å². The van der Waals surface area contributed by atoms with E-state index in [-0.39, 0.29) is 27.8 Å². The number of nitro benzene ring substituents is 1. The molecule has 0 saturated carbocycles. The van der Waals surface area contributed by atoms with Gasteiger partial charge in [-0.25, -0.2) is 0 Å².